The second-order valence-electron chi connectivity index (χ2n) is 7.54. The minimum atomic E-state index is -0.934. The van der Waals surface area contributed by atoms with E-state index in [0.29, 0.717) is 25.3 Å². The van der Waals surface area contributed by atoms with Gasteiger partial charge in [0.15, 0.2) is 0 Å². The van der Waals surface area contributed by atoms with E-state index in [1.165, 1.54) is 0 Å². The molecular formula is C26H26N2O4. The van der Waals surface area contributed by atoms with E-state index in [1.54, 1.807) is 14.2 Å². The van der Waals surface area contributed by atoms with Crippen LogP contribution in [0.25, 0.3) is 10.9 Å². The number of benzene rings is 3. The molecular weight excluding hydrogens is 404 g/mol. The summed E-state index contributed by atoms with van der Waals surface area (Å²) >= 11 is 0. The molecule has 4 aromatic rings. The number of fused-ring (bicyclic) bond motifs is 1. The summed E-state index contributed by atoms with van der Waals surface area (Å²) in [7, 11) is 3.27. The van der Waals surface area contributed by atoms with Crippen molar-refractivity contribution in [2.75, 3.05) is 14.2 Å². The maximum atomic E-state index is 12.3. The van der Waals surface area contributed by atoms with Crippen molar-refractivity contribution >= 4 is 16.9 Å². The average Bonchev–Trinajstić information content (AvgIpc) is 3.13. The number of carboxylic acid groups (broad SMARTS) is 1. The smallest absolute Gasteiger partial charge is 0.352 e. The monoisotopic (exact) mass is 430 g/mol. The Morgan fingerprint density at radius 2 is 1.44 bits per heavy atom. The quantitative estimate of drug-likeness (QED) is 0.403. The van der Waals surface area contributed by atoms with Crippen LogP contribution in [0.5, 0.6) is 11.5 Å². The predicted octanol–water partition coefficient (Wildman–Crippen LogP) is 4.69. The number of hydrogen-bond donors (Lipinski definition) is 2. The highest BCUT2D eigenvalue weighted by atomic mass is 16.5. The number of rotatable bonds is 9. The number of carbonyl (C=O) groups is 1. The molecule has 0 unspecified atom stereocenters. The largest absolute Gasteiger partial charge is 0.497 e. The Labute approximate surface area is 187 Å². The van der Waals surface area contributed by atoms with Gasteiger partial charge in [-0.25, -0.2) is 4.79 Å². The molecule has 6 heteroatoms. The van der Waals surface area contributed by atoms with E-state index in [4.69, 9.17) is 9.47 Å². The summed E-state index contributed by atoms with van der Waals surface area (Å²) in [5.74, 6) is 0.646. The van der Waals surface area contributed by atoms with Gasteiger partial charge in [0.1, 0.15) is 17.2 Å². The summed E-state index contributed by atoms with van der Waals surface area (Å²) in [5, 5.41) is 14.4. The Hall–Kier alpha value is -3.77. The normalized spacial score (nSPS) is 10.9. The summed E-state index contributed by atoms with van der Waals surface area (Å²) in [6.45, 7) is 1.54. The number of ether oxygens (including phenoxy) is 2. The zero-order chi connectivity index (χ0) is 22.5. The lowest BCUT2D eigenvalue weighted by atomic mass is 10.1. The van der Waals surface area contributed by atoms with Crippen molar-refractivity contribution in [2.24, 2.45) is 0 Å². The first-order valence-electron chi connectivity index (χ1n) is 10.4. The molecule has 6 nitrogen and oxygen atoms in total. The third-order valence-electron chi connectivity index (χ3n) is 5.57. The highest BCUT2D eigenvalue weighted by Gasteiger charge is 2.22. The summed E-state index contributed by atoms with van der Waals surface area (Å²) < 4.78 is 12.3. The van der Waals surface area contributed by atoms with Gasteiger partial charge in [0.25, 0.3) is 0 Å². The molecule has 0 spiro atoms. The topological polar surface area (TPSA) is 72.7 Å². The molecule has 3 aromatic carbocycles. The van der Waals surface area contributed by atoms with Crippen LogP contribution in [0.15, 0.2) is 72.8 Å². The van der Waals surface area contributed by atoms with Gasteiger partial charge >= 0.3 is 5.97 Å². The zero-order valence-corrected chi connectivity index (χ0v) is 18.2. The Bertz CT molecular complexity index is 1210. The summed E-state index contributed by atoms with van der Waals surface area (Å²) in [6, 6.07) is 23.4. The number of methoxy groups -OCH3 is 2. The van der Waals surface area contributed by atoms with Gasteiger partial charge in [-0.2, -0.15) is 0 Å². The number of nitrogens with zero attached hydrogens (tertiary/aromatic N) is 1. The molecule has 4 rings (SSSR count). The number of aromatic nitrogens is 1. The molecule has 0 aliphatic heterocycles. The molecule has 0 aliphatic carbocycles. The third kappa shape index (κ3) is 4.45. The highest BCUT2D eigenvalue weighted by molar-refractivity contribution is 5.98. The van der Waals surface area contributed by atoms with Crippen molar-refractivity contribution in [1.82, 2.24) is 9.88 Å². The predicted molar refractivity (Wildman–Crippen MR) is 125 cm³/mol. The molecule has 0 amide bonds. The fourth-order valence-electron chi connectivity index (χ4n) is 3.95. The molecule has 0 bridgehead atoms. The van der Waals surface area contributed by atoms with Crippen molar-refractivity contribution in [3.05, 3.63) is 95.2 Å². The standard InChI is InChI=1S/C26H26N2O4/c1-31-20-11-7-18(8-12-20)15-27-16-23-22-5-3-4-6-24(22)28(25(23)26(29)30)17-19-9-13-21(32-2)14-10-19/h3-14,27H,15-17H2,1-2H3,(H,29,30). The molecule has 0 aliphatic rings. The molecule has 1 aromatic heterocycles. The van der Waals surface area contributed by atoms with Crippen LogP contribution in [0.1, 0.15) is 27.2 Å². The van der Waals surface area contributed by atoms with Gasteiger partial charge in [-0.15, -0.1) is 0 Å². The van der Waals surface area contributed by atoms with Gasteiger partial charge in [-0.3, -0.25) is 0 Å². The van der Waals surface area contributed by atoms with Crippen LogP contribution in [0.2, 0.25) is 0 Å². The van der Waals surface area contributed by atoms with Gasteiger partial charge in [0, 0.05) is 36.1 Å². The summed E-state index contributed by atoms with van der Waals surface area (Å²) in [6.07, 6.45) is 0. The molecule has 0 saturated carbocycles. The van der Waals surface area contributed by atoms with Gasteiger partial charge in [-0.1, -0.05) is 42.5 Å². The first-order valence-corrected chi connectivity index (χ1v) is 10.4. The molecule has 2 N–H and O–H groups in total. The maximum Gasteiger partial charge on any atom is 0.352 e. The summed E-state index contributed by atoms with van der Waals surface area (Å²) in [5.41, 5.74) is 4.11. The van der Waals surface area contributed by atoms with Crippen LogP contribution in [0.4, 0.5) is 0 Å². The lowest BCUT2D eigenvalue weighted by Crippen LogP contribution is -2.17. The van der Waals surface area contributed by atoms with Crippen LogP contribution in [0.3, 0.4) is 0 Å². The van der Waals surface area contributed by atoms with E-state index in [2.05, 4.69) is 5.32 Å². The minimum absolute atomic E-state index is 0.309. The molecule has 0 saturated heterocycles. The van der Waals surface area contributed by atoms with Crippen LogP contribution in [-0.2, 0) is 19.6 Å². The van der Waals surface area contributed by atoms with Gasteiger partial charge < -0.3 is 24.5 Å². The van der Waals surface area contributed by atoms with Gasteiger partial charge in [-0.05, 0) is 41.5 Å². The zero-order valence-electron chi connectivity index (χ0n) is 18.2. The lowest BCUT2D eigenvalue weighted by molar-refractivity contribution is 0.0684. The Kier molecular flexibility index (Phi) is 6.42. The van der Waals surface area contributed by atoms with Crippen LogP contribution in [0, 0.1) is 0 Å². The van der Waals surface area contributed by atoms with E-state index >= 15 is 0 Å². The first-order chi connectivity index (χ1) is 15.6. The number of carboxylic acids is 1. The Morgan fingerprint density at radius 3 is 2.03 bits per heavy atom. The van der Waals surface area contributed by atoms with Crippen molar-refractivity contribution < 1.29 is 19.4 Å². The van der Waals surface area contributed by atoms with Crippen molar-refractivity contribution in [1.29, 1.82) is 0 Å². The summed E-state index contributed by atoms with van der Waals surface area (Å²) in [4.78, 5) is 12.3. The van der Waals surface area contributed by atoms with Crippen molar-refractivity contribution in [3.63, 3.8) is 0 Å². The first kappa shape index (κ1) is 21.5. The van der Waals surface area contributed by atoms with E-state index in [-0.39, 0.29) is 0 Å². The molecule has 0 radical (unpaired) electrons. The molecule has 164 valence electrons. The molecule has 32 heavy (non-hydrogen) atoms. The third-order valence-corrected chi connectivity index (χ3v) is 5.57. The van der Waals surface area contributed by atoms with E-state index in [1.807, 2.05) is 77.4 Å². The van der Waals surface area contributed by atoms with Crippen molar-refractivity contribution in [2.45, 2.75) is 19.6 Å². The van der Waals surface area contributed by atoms with E-state index in [9.17, 15) is 9.90 Å². The second-order valence-corrected chi connectivity index (χ2v) is 7.54. The molecule has 0 fully saturated rings. The van der Waals surface area contributed by atoms with Crippen molar-refractivity contribution in [3.8, 4) is 11.5 Å². The Morgan fingerprint density at radius 1 is 0.844 bits per heavy atom. The molecule has 1 heterocycles. The van der Waals surface area contributed by atoms with Crippen LogP contribution < -0.4 is 14.8 Å². The SMILES string of the molecule is COc1ccc(CNCc2c(C(=O)O)n(Cc3ccc(OC)cc3)c3ccccc23)cc1. The number of hydrogen-bond acceptors (Lipinski definition) is 4. The van der Waals surface area contributed by atoms with E-state index < -0.39 is 5.97 Å². The lowest BCUT2D eigenvalue weighted by Gasteiger charge is -2.11. The van der Waals surface area contributed by atoms with Gasteiger partial charge in [0.2, 0.25) is 0 Å². The number of nitrogens with one attached hydrogen (secondary N) is 1. The Balaban J connectivity index is 1.63. The average molecular weight is 431 g/mol. The number of aromatic carboxylic acids is 1. The van der Waals surface area contributed by atoms with Crippen LogP contribution >= 0.6 is 0 Å². The fraction of sp³-hybridized carbons (Fsp3) is 0.192. The second kappa shape index (κ2) is 9.58. The number of para-hydroxylation sites is 1. The maximum absolute atomic E-state index is 12.3. The molecule has 0 atom stereocenters. The minimum Gasteiger partial charge on any atom is -0.497 e. The van der Waals surface area contributed by atoms with Crippen LogP contribution in [-0.4, -0.2) is 29.9 Å². The fourth-order valence-corrected chi connectivity index (χ4v) is 3.95. The highest BCUT2D eigenvalue weighted by Crippen LogP contribution is 2.28. The van der Waals surface area contributed by atoms with E-state index in [0.717, 1.165) is 39.1 Å². The van der Waals surface area contributed by atoms with Gasteiger partial charge in [0.05, 0.1) is 14.2 Å².